The Morgan fingerprint density at radius 3 is 2.18 bits per heavy atom. The Hall–Kier alpha value is -3.16. The SMILES string of the molecule is C[C@@H](c1ccc(C2CC(=O)C2)nc1OC(F)F)N1C(=O)c2ccccc2C1=O. The van der Waals surface area contributed by atoms with Crippen LogP contribution in [0.3, 0.4) is 0 Å². The van der Waals surface area contributed by atoms with E-state index in [1.807, 2.05) is 0 Å². The average molecular weight is 386 g/mol. The van der Waals surface area contributed by atoms with Gasteiger partial charge in [-0.3, -0.25) is 19.3 Å². The number of halogens is 2. The smallest absolute Gasteiger partial charge is 0.388 e. The number of ketones is 1. The van der Waals surface area contributed by atoms with Crippen LogP contribution in [0.1, 0.15) is 63.7 Å². The summed E-state index contributed by atoms with van der Waals surface area (Å²) in [5.74, 6) is -1.37. The number of hydrogen-bond donors (Lipinski definition) is 0. The van der Waals surface area contributed by atoms with E-state index in [1.165, 1.54) is 6.07 Å². The van der Waals surface area contributed by atoms with Crippen molar-refractivity contribution in [3.05, 3.63) is 58.8 Å². The molecule has 4 rings (SSSR count). The second-order valence-corrected chi connectivity index (χ2v) is 6.85. The first-order valence-electron chi connectivity index (χ1n) is 8.81. The van der Waals surface area contributed by atoms with Crippen molar-refractivity contribution in [2.24, 2.45) is 0 Å². The van der Waals surface area contributed by atoms with Crippen molar-refractivity contribution in [1.29, 1.82) is 0 Å². The second kappa shape index (κ2) is 6.78. The number of alkyl halides is 2. The van der Waals surface area contributed by atoms with Gasteiger partial charge in [0, 0.05) is 30.0 Å². The molecule has 1 saturated carbocycles. The molecule has 1 atom stereocenters. The zero-order valence-electron chi connectivity index (χ0n) is 14.9. The lowest BCUT2D eigenvalue weighted by Gasteiger charge is -2.27. The maximum atomic E-state index is 12.9. The summed E-state index contributed by atoms with van der Waals surface area (Å²) >= 11 is 0. The highest BCUT2D eigenvalue weighted by Gasteiger charge is 2.40. The van der Waals surface area contributed by atoms with Crippen LogP contribution in [0.25, 0.3) is 0 Å². The van der Waals surface area contributed by atoms with Crippen LogP contribution in [0, 0.1) is 0 Å². The molecule has 6 nitrogen and oxygen atoms in total. The number of Topliss-reactive ketones (excluding diaryl/α,β-unsaturated/α-hetero) is 1. The van der Waals surface area contributed by atoms with Crippen molar-refractivity contribution in [2.45, 2.75) is 38.3 Å². The zero-order valence-corrected chi connectivity index (χ0v) is 14.9. The number of pyridine rings is 1. The fourth-order valence-corrected chi connectivity index (χ4v) is 3.59. The standard InChI is InChI=1S/C20H16F2N2O4/c1-10(24-18(26)14-4-2-3-5-15(14)19(24)27)13-6-7-16(11-8-12(25)9-11)23-17(13)28-20(21)22/h2-7,10-11,20H,8-9H2,1H3/t10-/m0/s1. The molecule has 1 fully saturated rings. The summed E-state index contributed by atoms with van der Waals surface area (Å²) in [4.78, 5) is 41.8. The fourth-order valence-electron chi connectivity index (χ4n) is 3.59. The monoisotopic (exact) mass is 386 g/mol. The van der Waals surface area contributed by atoms with E-state index in [-0.39, 0.29) is 34.3 Å². The number of benzene rings is 1. The summed E-state index contributed by atoms with van der Waals surface area (Å²) in [7, 11) is 0. The molecule has 0 unspecified atom stereocenters. The maximum absolute atomic E-state index is 12.9. The van der Waals surface area contributed by atoms with Gasteiger partial charge in [-0.15, -0.1) is 0 Å². The van der Waals surface area contributed by atoms with Gasteiger partial charge in [-0.1, -0.05) is 12.1 Å². The maximum Gasteiger partial charge on any atom is 0.388 e. The lowest BCUT2D eigenvalue weighted by molar-refractivity contribution is -0.124. The summed E-state index contributed by atoms with van der Waals surface area (Å²) in [6.45, 7) is -1.55. The van der Waals surface area contributed by atoms with E-state index in [4.69, 9.17) is 0 Å². The lowest BCUT2D eigenvalue weighted by Crippen LogP contribution is -2.33. The van der Waals surface area contributed by atoms with Crippen LogP contribution in [-0.2, 0) is 4.79 Å². The minimum absolute atomic E-state index is 0.0894. The molecule has 1 aliphatic carbocycles. The van der Waals surface area contributed by atoms with Crippen molar-refractivity contribution in [3.8, 4) is 5.88 Å². The van der Waals surface area contributed by atoms with Gasteiger partial charge in [0.25, 0.3) is 11.8 Å². The summed E-state index contributed by atoms with van der Waals surface area (Å²) in [6, 6.07) is 8.70. The molecule has 1 aliphatic heterocycles. The quantitative estimate of drug-likeness (QED) is 0.736. The molecular formula is C20H16F2N2O4. The fraction of sp³-hybridized carbons (Fsp3) is 0.300. The minimum Gasteiger partial charge on any atom is -0.417 e. The predicted molar refractivity (Wildman–Crippen MR) is 93.2 cm³/mol. The summed E-state index contributed by atoms with van der Waals surface area (Å²) in [5.41, 5.74) is 1.22. The molecule has 2 aromatic rings. The average Bonchev–Trinajstić information content (AvgIpc) is 2.89. The number of hydrogen-bond acceptors (Lipinski definition) is 5. The second-order valence-electron chi connectivity index (χ2n) is 6.85. The minimum atomic E-state index is -3.11. The molecule has 8 heteroatoms. The number of carbonyl (C=O) groups is 3. The van der Waals surface area contributed by atoms with Gasteiger partial charge in [0.05, 0.1) is 17.2 Å². The van der Waals surface area contributed by atoms with Crippen molar-refractivity contribution in [2.75, 3.05) is 0 Å². The third kappa shape index (κ3) is 2.94. The first-order valence-corrected chi connectivity index (χ1v) is 8.81. The van der Waals surface area contributed by atoms with Crippen LogP contribution in [0.15, 0.2) is 36.4 Å². The van der Waals surface area contributed by atoms with Crippen molar-refractivity contribution < 1.29 is 27.9 Å². The molecule has 2 heterocycles. The molecule has 0 bridgehead atoms. The molecule has 0 radical (unpaired) electrons. The molecule has 1 aromatic heterocycles. The Balaban J connectivity index is 1.69. The number of rotatable bonds is 5. The van der Waals surface area contributed by atoms with Gasteiger partial charge in [0.2, 0.25) is 5.88 Å². The van der Waals surface area contributed by atoms with Gasteiger partial charge in [-0.2, -0.15) is 8.78 Å². The van der Waals surface area contributed by atoms with Gasteiger partial charge in [-0.25, -0.2) is 4.98 Å². The van der Waals surface area contributed by atoms with Crippen LogP contribution in [0.5, 0.6) is 5.88 Å². The van der Waals surface area contributed by atoms with E-state index in [0.29, 0.717) is 18.5 Å². The first kappa shape index (κ1) is 18.2. The van der Waals surface area contributed by atoms with Gasteiger partial charge < -0.3 is 4.74 Å². The van der Waals surface area contributed by atoms with Crippen LogP contribution in [0.4, 0.5) is 8.78 Å². The number of imide groups is 1. The van der Waals surface area contributed by atoms with Crippen LogP contribution >= 0.6 is 0 Å². The van der Waals surface area contributed by atoms with Crippen LogP contribution < -0.4 is 4.74 Å². The van der Waals surface area contributed by atoms with E-state index in [9.17, 15) is 23.2 Å². The normalized spacial score (nSPS) is 17.7. The van der Waals surface area contributed by atoms with Gasteiger partial charge >= 0.3 is 6.61 Å². The molecule has 2 amide bonds. The molecule has 1 aromatic carbocycles. The molecule has 0 N–H and O–H groups in total. The van der Waals surface area contributed by atoms with E-state index in [2.05, 4.69) is 9.72 Å². The van der Waals surface area contributed by atoms with E-state index >= 15 is 0 Å². The Bertz CT molecular complexity index is 949. The number of nitrogens with zero attached hydrogens (tertiary/aromatic N) is 2. The van der Waals surface area contributed by atoms with Crippen molar-refractivity contribution in [3.63, 3.8) is 0 Å². The molecule has 0 spiro atoms. The number of amides is 2. The third-order valence-electron chi connectivity index (χ3n) is 5.14. The lowest BCUT2D eigenvalue weighted by atomic mass is 9.81. The number of ether oxygens (including phenoxy) is 1. The highest BCUT2D eigenvalue weighted by Crippen LogP contribution is 2.38. The van der Waals surface area contributed by atoms with Crippen molar-refractivity contribution in [1.82, 2.24) is 9.88 Å². The largest absolute Gasteiger partial charge is 0.417 e. The Morgan fingerprint density at radius 2 is 1.64 bits per heavy atom. The number of aromatic nitrogens is 1. The van der Waals surface area contributed by atoms with Crippen LogP contribution in [-0.4, -0.2) is 34.1 Å². The van der Waals surface area contributed by atoms with Gasteiger partial charge in [0.15, 0.2) is 0 Å². The van der Waals surface area contributed by atoms with Gasteiger partial charge in [0.1, 0.15) is 5.78 Å². The van der Waals surface area contributed by atoms with Crippen molar-refractivity contribution >= 4 is 17.6 Å². The Kier molecular flexibility index (Phi) is 4.41. The molecule has 28 heavy (non-hydrogen) atoms. The predicted octanol–water partition coefficient (Wildman–Crippen LogP) is 3.49. The van der Waals surface area contributed by atoms with E-state index in [1.54, 1.807) is 37.3 Å². The summed E-state index contributed by atoms with van der Waals surface area (Å²) in [5, 5.41) is 0. The first-order chi connectivity index (χ1) is 13.4. The molecule has 0 saturated heterocycles. The summed E-state index contributed by atoms with van der Waals surface area (Å²) in [6.07, 6.45) is 0.628. The molecular weight excluding hydrogens is 370 g/mol. The Morgan fingerprint density at radius 1 is 1.04 bits per heavy atom. The third-order valence-corrected chi connectivity index (χ3v) is 5.14. The van der Waals surface area contributed by atoms with E-state index < -0.39 is 24.5 Å². The van der Waals surface area contributed by atoms with Gasteiger partial charge in [-0.05, 0) is 31.2 Å². The topological polar surface area (TPSA) is 76.6 Å². The Labute approximate surface area is 159 Å². The highest BCUT2D eigenvalue weighted by molar-refractivity contribution is 6.21. The zero-order chi connectivity index (χ0) is 20.0. The van der Waals surface area contributed by atoms with E-state index in [0.717, 1.165) is 4.90 Å². The summed E-state index contributed by atoms with van der Waals surface area (Å²) < 4.78 is 30.5. The molecule has 2 aliphatic rings. The number of fused-ring (bicyclic) bond motifs is 1. The highest BCUT2D eigenvalue weighted by atomic mass is 19.3. The molecule has 144 valence electrons. The number of carbonyl (C=O) groups excluding carboxylic acids is 3. The van der Waals surface area contributed by atoms with Crippen LogP contribution in [0.2, 0.25) is 0 Å².